The molecule has 37 heavy (non-hydrogen) atoms. The van der Waals surface area contributed by atoms with Crippen molar-refractivity contribution in [3.05, 3.63) is 113 Å². The lowest BCUT2D eigenvalue weighted by atomic mass is 10.2. The Morgan fingerprint density at radius 1 is 0.946 bits per heavy atom. The number of rotatable bonds is 8. The molecule has 0 N–H and O–H groups in total. The van der Waals surface area contributed by atoms with Gasteiger partial charge >= 0.3 is 0 Å². The fraction of sp³-hybridized carbons (Fsp3) is 0.0690. The van der Waals surface area contributed by atoms with Crippen LogP contribution in [-0.2, 0) is 0 Å². The highest BCUT2D eigenvalue weighted by molar-refractivity contribution is 9.10. The lowest BCUT2D eigenvalue weighted by Gasteiger charge is -2.15. The lowest BCUT2D eigenvalue weighted by molar-refractivity contribution is 0.0987. The summed E-state index contributed by atoms with van der Waals surface area (Å²) in [7, 11) is 0. The van der Waals surface area contributed by atoms with E-state index in [1.165, 1.54) is 16.3 Å². The molecule has 5 rings (SSSR count). The molecule has 4 aromatic carbocycles. The highest BCUT2D eigenvalue weighted by atomic mass is 79.9. The average Bonchev–Trinajstić information content (AvgIpc) is 3.33. The number of nitrogens with zero attached hydrogens (tertiary/aromatic N) is 3. The van der Waals surface area contributed by atoms with Gasteiger partial charge in [0.15, 0.2) is 0 Å². The summed E-state index contributed by atoms with van der Waals surface area (Å²) in [5.41, 5.74) is 2.04. The van der Waals surface area contributed by atoms with Crippen molar-refractivity contribution in [2.45, 2.75) is 6.92 Å². The van der Waals surface area contributed by atoms with Crippen molar-refractivity contribution in [3.8, 4) is 17.2 Å². The number of para-hydroxylation sites is 1. The molecule has 0 radical (unpaired) electrons. The van der Waals surface area contributed by atoms with Crippen LogP contribution in [0.4, 0.5) is 5.13 Å². The third-order valence-electron chi connectivity index (χ3n) is 5.29. The molecule has 0 atom stereocenters. The number of fused-ring (bicyclic) bond motifs is 1. The quantitative estimate of drug-likeness (QED) is 0.140. The molecule has 0 aliphatic rings. The molecule has 0 bridgehead atoms. The second kappa shape index (κ2) is 11.4. The maximum atomic E-state index is 13.7. The Morgan fingerprint density at radius 3 is 2.51 bits per heavy atom. The standard InChI is InChI=1S/C29H22BrN3O3S/c1-2-35-23-14-11-20(12-15-23)19-31-33(29-32-26-16-13-22(30)18-27(26)37-29)28(34)21-7-6-10-25(17-21)36-24-8-4-3-5-9-24/h3-19H,2H2,1H3/b31-19+. The predicted octanol–water partition coefficient (Wildman–Crippen LogP) is 7.93. The SMILES string of the molecule is CCOc1ccc(/C=N/N(C(=O)c2cccc(Oc3ccccc3)c2)c2nc3ccc(Br)cc3s2)cc1. The third kappa shape index (κ3) is 6.04. The van der Waals surface area contributed by atoms with Crippen LogP contribution < -0.4 is 14.5 Å². The maximum Gasteiger partial charge on any atom is 0.280 e. The van der Waals surface area contributed by atoms with Crippen LogP contribution >= 0.6 is 27.3 Å². The molecule has 0 saturated carbocycles. The zero-order valence-electron chi connectivity index (χ0n) is 19.9. The number of ether oxygens (including phenoxy) is 2. The first-order valence-electron chi connectivity index (χ1n) is 11.6. The number of aromatic nitrogens is 1. The Labute approximate surface area is 226 Å². The number of hydrogen-bond donors (Lipinski definition) is 0. The first-order chi connectivity index (χ1) is 18.1. The van der Waals surface area contributed by atoms with E-state index in [1.54, 1.807) is 24.4 Å². The van der Waals surface area contributed by atoms with Gasteiger partial charge in [0.2, 0.25) is 5.13 Å². The van der Waals surface area contributed by atoms with Gasteiger partial charge in [0.25, 0.3) is 5.91 Å². The van der Waals surface area contributed by atoms with E-state index < -0.39 is 0 Å². The molecule has 0 aliphatic carbocycles. The Bertz CT molecular complexity index is 1550. The van der Waals surface area contributed by atoms with Crippen LogP contribution in [0.3, 0.4) is 0 Å². The molecule has 0 aliphatic heterocycles. The summed E-state index contributed by atoms with van der Waals surface area (Å²) < 4.78 is 13.3. The molecular formula is C29H22BrN3O3S. The van der Waals surface area contributed by atoms with Gasteiger partial charge in [-0.05, 0) is 85.3 Å². The highest BCUT2D eigenvalue weighted by Crippen LogP contribution is 2.32. The average molecular weight is 572 g/mol. The van der Waals surface area contributed by atoms with Crippen LogP contribution in [0.1, 0.15) is 22.8 Å². The van der Waals surface area contributed by atoms with E-state index in [9.17, 15) is 4.79 Å². The van der Waals surface area contributed by atoms with Gasteiger partial charge in [0.1, 0.15) is 17.2 Å². The van der Waals surface area contributed by atoms with Crippen molar-refractivity contribution in [2.75, 3.05) is 11.6 Å². The predicted molar refractivity (Wildman–Crippen MR) is 152 cm³/mol. The number of amides is 1. The smallest absolute Gasteiger partial charge is 0.280 e. The van der Waals surface area contributed by atoms with E-state index in [0.717, 1.165) is 26.0 Å². The summed E-state index contributed by atoms with van der Waals surface area (Å²) >= 11 is 4.89. The van der Waals surface area contributed by atoms with Gasteiger partial charge in [-0.2, -0.15) is 10.1 Å². The Hall–Kier alpha value is -4.01. The van der Waals surface area contributed by atoms with Crippen LogP contribution in [0.15, 0.2) is 107 Å². The second-order valence-electron chi connectivity index (χ2n) is 7.92. The summed E-state index contributed by atoms with van der Waals surface area (Å²) in [6.07, 6.45) is 1.64. The van der Waals surface area contributed by atoms with Crippen molar-refractivity contribution in [1.82, 2.24) is 4.98 Å². The molecule has 1 amide bonds. The van der Waals surface area contributed by atoms with Gasteiger partial charge in [-0.15, -0.1) is 0 Å². The highest BCUT2D eigenvalue weighted by Gasteiger charge is 2.22. The fourth-order valence-electron chi connectivity index (χ4n) is 3.55. The zero-order chi connectivity index (χ0) is 25.6. The van der Waals surface area contributed by atoms with Gasteiger partial charge in [0.05, 0.1) is 23.0 Å². The van der Waals surface area contributed by atoms with Crippen molar-refractivity contribution in [1.29, 1.82) is 0 Å². The normalized spacial score (nSPS) is 11.1. The lowest BCUT2D eigenvalue weighted by Crippen LogP contribution is -2.25. The third-order valence-corrected chi connectivity index (χ3v) is 6.77. The van der Waals surface area contributed by atoms with Gasteiger partial charge < -0.3 is 9.47 Å². The summed E-state index contributed by atoms with van der Waals surface area (Å²) in [6.45, 7) is 2.53. The molecule has 0 saturated heterocycles. The summed E-state index contributed by atoms with van der Waals surface area (Å²) in [6, 6.07) is 29.8. The van der Waals surface area contributed by atoms with Crippen LogP contribution in [0.5, 0.6) is 17.2 Å². The molecule has 0 fully saturated rings. The minimum atomic E-state index is -0.321. The van der Waals surface area contributed by atoms with E-state index in [2.05, 4.69) is 26.0 Å². The van der Waals surface area contributed by atoms with Gasteiger partial charge in [-0.1, -0.05) is 51.5 Å². The van der Waals surface area contributed by atoms with Gasteiger partial charge in [-0.3, -0.25) is 4.79 Å². The van der Waals surface area contributed by atoms with E-state index in [4.69, 9.17) is 9.47 Å². The molecule has 0 spiro atoms. The second-order valence-corrected chi connectivity index (χ2v) is 9.84. The molecular weight excluding hydrogens is 550 g/mol. The summed E-state index contributed by atoms with van der Waals surface area (Å²) in [4.78, 5) is 18.4. The molecule has 184 valence electrons. The summed E-state index contributed by atoms with van der Waals surface area (Å²) in [5, 5.41) is 6.36. The van der Waals surface area contributed by atoms with Crippen molar-refractivity contribution in [3.63, 3.8) is 0 Å². The Morgan fingerprint density at radius 2 is 1.73 bits per heavy atom. The Kier molecular flexibility index (Phi) is 7.58. The molecule has 1 heterocycles. The number of anilines is 1. The first kappa shape index (κ1) is 24.7. The molecule has 1 aromatic heterocycles. The minimum Gasteiger partial charge on any atom is -0.494 e. The maximum absolute atomic E-state index is 13.7. The number of hydrogen-bond acceptors (Lipinski definition) is 6. The van der Waals surface area contributed by atoms with E-state index in [1.807, 2.05) is 85.8 Å². The molecule has 0 unspecified atom stereocenters. The van der Waals surface area contributed by atoms with Gasteiger partial charge in [-0.25, -0.2) is 4.98 Å². The number of carbonyl (C=O) groups is 1. The molecule has 8 heteroatoms. The van der Waals surface area contributed by atoms with Crippen LogP contribution in [0, 0.1) is 0 Å². The number of hydrazone groups is 1. The van der Waals surface area contributed by atoms with Crippen molar-refractivity contribution in [2.24, 2.45) is 5.10 Å². The topological polar surface area (TPSA) is 64.0 Å². The molecule has 6 nitrogen and oxygen atoms in total. The van der Waals surface area contributed by atoms with Crippen LogP contribution in [0.25, 0.3) is 10.2 Å². The number of carbonyl (C=O) groups excluding carboxylic acids is 1. The van der Waals surface area contributed by atoms with E-state index in [0.29, 0.717) is 28.8 Å². The van der Waals surface area contributed by atoms with Gasteiger partial charge in [0, 0.05) is 10.0 Å². The van der Waals surface area contributed by atoms with E-state index >= 15 is 0 Å². The Balaban J connectivity index is 1.48. The number of thiazole rings is 1. The monoisotopic (exact) mass is 571 g/mol. The van der Waals surface area contributed by atoms with Crippen molar-refractivity contribution < 1.29 is 14.3 Å². The van der Waals surface area contributed by atoms with Crippen LogP contribution in [0.2, 0.25) is 0 Å². The fourth-order valence-corrected chi connectivity index (χ4v) is 5.02. The summed E-state index contributed by atoms with van der Waals surface area (Å²) in [5.74, 6) is 1.70. The first-order valence-corrected chi connectivity index (χ1v) is 13.2. The number of halogens is 1. The number of benzene rings is 4. The largest absolute Gasteiger partial charge is 0.494 e. The van der Waals surface area contributed by atoms with Crippen LogP contribution in [-0.4, -0.2) is 23.7 Å². The molecule has 5 aromatic rings. The van der Waals surface area contributed by atoms with E-state index in [-0.39, 0.29) is 5.91 Å². The minimum absolute atomic E-state index is 0.321. The van der Waals surface area contributed by atoms with Crippen molar-refractivity contribution >= 4 is 54.7 Å². The zero-order valence-corrected chi connectivity index (χ0v) is 22.3.